The van der Waals surface area contributed by atoms with Crippen molar-refractivity contribution in [2.24, 2.45) is 10.4 Å². The summed E-state index contributed by atoms with van der Waals surface area (Å²) in [6, 6.07) is 6.04. The third kappa shape index (κ3) is 6.56. The van der Waals surface area contributed by atoms with Gasteiger partial charge in [-0.3, -0.25) is 4.99 Å². The number of hydrogen-bond donors (Lipinski definition) is 2. The molecule has 6 heteroatoms. The summed E-state index contributed by atoms with van der Waals surface area (Å²) < 4.78 is 10.6. The molecule has 1 saturated carbocycles. The van der Waals surface area contributed by atoms with Gasteiger partial charge in [0, 0.05) is 20.1 Å². The average Bonchev–Trinajstić information content (AvgIpc) is 3.04. The molecule has 0 unspecified atom stereocenters. The molecule has 1 fully saturated rings. The maximum Gasteiger partial charge on any atom is 0.191 e. The quantitative estimate of drug-likeness (QED) is 0.370. The molecule has 1 aliphatic carbocycles. The van der Waals surface area contributed by atoms with E-state index in [4.69, 9.17) is 9.47 Å². The van der Waals surface area contributed by atoms with Crippen molar-refractivity contribution in [1.29, 1.82) is 0 Å². The van der Waals surface area contributed by atoms with Crippen LogP contribution in [0, 0.1) is 5.41 Å². The van der Waals surface area contributed by atoms with Crippen LogP contribution in [-0.2, 0) is 6.42 Å². The van der Waals surface area contributed by atoms with Gasteiger partial charge in [-0.05, 0) is 42.4 Å². The Balaban J connectivity index is 0.00000312. The molecule has 0 spiro atoms. The van der Waals surface area contributed by atoms with E-state index in [1.54, 1.807) is 14.2 Å². The van der Waals surface area contributed by atoms with E-state index in [1.807, 2.05) is 19.2 Å². The number of nitrogens with zero attached hydrogens (tertiary/aromatic N) is 1. The van der Waals surface area contributed by atoms with Crippen LogP contribution in [0.15, 0.2) is 23.2 Å². The van der Waals surface area contributed by atoms with Crippen LogP contribution in [0.3, 0.4) is 0 Å². The van der Waals surface area contributed by atoms with E-state index < -0.39 is 0 Å². The smallest absolute Gasteiger partial charge is 0.191 e. The highest BCUT2D eigenvalue weighted by Crippen LogP contribution is 2.36. The van der Waals surface area contributed by atoms with Crippen LogP contribution in [0.25, 0.3) is 0 Å². The van der Waals surface area contributed by atoms with Gasteiger partial charge in [0.1, 0.15) is 0 Å². The number of nitrogens with one attached hydrogen (secondary N) is 2. The molecule has 0 amide bonds. The molecule has 142 valence electrons. The highest BCUT2D eigenvalue weighted by atomic mass is 127. The summed E-state index contributed by atoms with van der Waals surface area (Å²) in [5, 5.41) is 6.87. The zero-order chi connectivity index (χ0) is 17.4. The predicted molar refractivity (Wildman–Crippen MR) is 115 cm³/mol. The number of methoxy groups -OCH3 is 2. The third-order valence-electron chi connectivity index (χ3n) is 4.87. The van der Waals surface area contributed by atoms with Crippen molar-refractivity contribution >= 4 is 29.9 Å². The average molecular weight is 461 g/mol. The number of guanidine groups is 1. The standard InChI is InChI=1S/C19H31N3O2.HI/c1-19(10-5-6-11-19)14-22-18(20-2)21-12-9-15-7-8-16(23-3)17(13-15)24-4;/h7-8,13H,5-6,9-12,14H2,1-4H3,(H2,20,21,22);1H. The second kappa shape index (κ2) is 10.7. The Morgan fingerprint density at radius 1 is 1.12 bits per heavy atom. The first-order valence-corrected chi connectivity index (χ1v) is 8.75. The van der Waals surface area contributed by atoms with Crippen LogP contribution in [0.2, 0.25) is 0 Å². The Labute approximate surface area is 169 Å². The lowest BCUT2D eigenvalue weighted by Gasteiger charge is -2.25. The number of halogens is 1. The first-order chi connectivity index (χ1) is 11.6. The monoisotopic (exact) mass is 461 g/mol. The van der Waals surface area contributed by atoms with Crippen molar-refractivity contribution in [1.82, 2.24) is 10.6 Å². The molecular weight excluding hydrogens is 429 g/mol. The minimum Gasteiger partial charge on any atom is -0.493 e. The van der Waals surface area contributed by atoms with Crippen LogP contribution in [-0.4, -0.2) is 40.3 Å². The summed E-state index contributed by atoms with van der Waals surface area (Å²) in [5.74, 6) is 2.41. The molecule has 0 aliphatic heterocycles. The molecule has 25 heavy (non-hydrogen) atoms. The van der Waals surface area contributed by atoms with Gasteiger partial charge >= 0.3 is 0 Å². The van der Waals surface area contributed by atoms with Crippen molar-refractivity contribution in [3.8, 4) is 11.5 Å². The predicted octanol–water partition coefficient (Wildman–Crippen LogP) is 3.61. The van der Waals surface area contributed by atoms with Crippen molar-refractivity contribution in [3.63, 3.8) is 0 Å². The van der Waals surface area contributed by atoms with Gasteiger partial charge in [0.25, 0.3) is 0 Å². The lowest BCUT2D eigenvalue weighted by Crippen LogP contribution is -2.42. The van der Waals surface area contributed by atoms with E-state index >= 15 is 0 Å². The third-order valence-corrected chi connectivity index (χ3v) is 4.87. The summed E-state index contributed by atoms with van der Waals surface area (Å²) in [7, 11) is 5.14. The molecule has 1 aromatic carbocycles. The van der Waals surface area contributed by atoms with Gasteiger partial charge in [0.05, 0.1) is 14.2 Å². The molecule has 0 atom stereocenters. The van der Waals surface area contributed by atoms with Crippen molar-refractivity contribution in [2.45, 2.75) is 39.0 Å². The summed E-state index contributed by atoms with van der Waals surface area (Å²) in [6.07, 6.45) is 6.22. The van der Waals surface area contributed by atoms with Crippen molar-refractivity contribution in [3.05, 3.63) is 23.8 Å². The lowest BCUT2D eigenvalue weighted by molar-refractivity contribution is 0.334. The Hall–Kier alpha value is -1.18. The molecule has 1 aliphatic rings. The Kier molecular flexibility index (Phi) is 9.38. The largest absolute Gasteiger partial charge is 0.493 e. The maximum atomic E-state index is 5.35. The zero-order valence-electron chi connectivity index (χ0n) is 15.9. The van der Waals surface area contributed by atoms with Gasteiger partial charge in [-0.25, -0.2) is 0 Å². The molecule has 5 nitrogen and oxygen atoms in total. The summed E-state index contributed by atoms with van der Waals surface area (Å²) in [6.45, 7) is 4.18. The lowest BCUT2D eigenvalue weighted by atomic mass is 9.89. The first kappa shape index (κ1) is 21.9. The fourth-order valence-electron chi connectivity index (χ4n) is 3.28. The number of ether oxygens (including phenoxy) is 2. The number of hydrogen-bond acceptors (Lipinski definition) is 3. The van der Waals surface area contributed by atoms with Gasteiger partial charge in [0.15, 0.2) is 17.5 Å². The summed E-state index contributed by atoms with van der Waals surface area (Å²) in [5.41, 5.74) is 1.62. The summed E-state index contributed by atoms with van der Waals surface area (Å²) >= 11 is 0. The van der Waals surface area contributed by atoms with E-state index in [0.717, 1.165) is 37.0 Å². The SMILES string of the molecule is CN=C(NCCc1ccc(OC)c(OC)c1)NCC1(C)CCCC1.I. The highest BCUT2D eigenvalue weighted by molar-refractivity contribution is 14.0. The van der Waals surface area contributed by atoms with Crippen molar-refractivity contribution < 1.29 is 9.47 Å². The van der Waals surface area contributed by atoms with E-state index in [2.05, 4.69) is 28.6 Å². The fourth-order valence-corrected chi connectivity index (χ4v) is 3.28. The van der Waals surface area contributed by atoms with Crippen LogP contribution < -0.4 is 20.1 Å². The Morgan fingerprint density at radius 2 is 1.80 bits per heavy atom. The van der Waals surface area contributed by atoms with Gasteiger partial charge < -0.3 is 20.1 Å². The second-order valence-electron chi connectivity index (χ2n) is 6.81. The molecule has 0 heterocycles. The topological polar surface area (TPSA) is 54.9 Å². The maximum absolute atomic E-state index is 5.35. The zero-order valence-corrected chi connectivity index (χ0v) is 18.2. The van der Waals surface area contributed by atoms with Crippen LogP contribution in [0.1, 0.15) is 38.2 Å². The minimum atomic E-state index is 0. The van der Waals surface area contributed by atoms with E-state index in [1.165, 1.54) is 31.2 Å². The Morgan fingerprint density at radius 3 is 2.40 bits per heavy atom. The molecular formula is C19H32IN3O2. The minimum absolute atomic E-state index is 0. The van der Waals surface area contributed by atoms with Crippen molar-refractivity contribution in [2.75, 3.05) is 34.4 Å². The molecule has 0 radical (unpaired) electrons. The van der Waals surface area contributed by atoms with Crippen LogP contribution in [0.4, 0.5) is 0 Å². The molecule has 0 bridgehead atoms. The van der Waals surface area contributed by atoms with E-state index in [-0.39, 0.29) is 24.0 Å². The molecule has 0 aromatic heterocycles. The fraction of sp³-hybridized carbons (Fsp3) is 0.632. The van der Waals surface area contributed by atoms with Gasteiger partial charge in [-0.2, -0.15) is 0 Å². The molecule has 1 aromatic rings. The molecule has 2 N–H and O–H groups in total. The highest BCUT2D eigenvalue weighted by Gasteiger charge is 2.28. The van der Waals surface area contributed by atoms with E-state index in [9.17, 15) is 0 Å². The molecule has 2 rings (SSSR count). The van der Waals surface area contributed by atoms with E-state index in [0.29, 0.717) is 5.41 Å². The number of benzene rings is 1. The number of rotatable bonds is 7. The first-order valence-electron chi connectivity index (χ1n) is 8.75. The number of aliphatic imine (C=N–C) groups is 1. The summed E-state index contributed by atoms with van der Waals surface area (Å²) in [4.78, 5) is 4.32. The van der Waals surface area contributed by atoms with Crippen LogP contribution in [0.5, 0.6) is 11.5 Å². The second-order valence-corrected chi connectivity index (χ2v) is 6.81. The Bertz CT molecular complexity index is 558. The van der Waals surface area contributed by atoms with Crippen LogP contribution >= 0.6 is 24.0 Å². The van der Waals surface area contributed by atoms with Gasteiger partial charge in [-0.1, -0.05) is 25.8 Å². The normalized spacial score (nSPS) is 16.1. The van der Waals surface area contributed by atoms with Gasteiger partial charge in [-0.15, -0.1) is 24.0 Å². The molecule has 0 saturated heterocycles. The van der Waals surface area contributed by atoms with Gasteiger partial charge in [0.2, 0.25) is 0 Å².